The van der Waals surface area contributed by atoms with E-state index in [4.69, 9.17) is 10.2 Å². The molecule has 0 saturated carbocycles. The summed E-state index contributed by atoms with van der Waals surface area (Å²) in [6.45, 7) is 2.06. The third-order valence-electron chi connectivity index (χ3n) is 2.76. The minimum absolute atomic E-state index is 0.251. The number of nitrogen functional groups attached to an aromatic ring is 1. The van der Waals surface area contributed by atoms with Crippen LogP contribution in [0.2, 0.25) is 0 Å². The number of rotatable bonds is 4. The fraction of sp³-hybridized carbons (Fsp3) is 0.308. The lowest BCUT2D eigenvalue weighted by Crippen LogP contribution is -1.99. The van der Waals surface area contributed by atoms with Gasteiger partial charge in [0.2, 0.25) is 0 Å². The second-order valence-corrected chi connectivity index (χ2v) is 4.06. The summed E-state index contributed by atoms with van der Waals surface area (Å²) in [4.78, 5) is 11.3. The summed E-state index contributed by atoms with van der Waals surface area (Å²) < 4.78 is 5.58. The second-order valence-electron chi connectivity index (χ2n) is 4.06. The number of nitrogens with two attached hydrogens (primary N) is 1. The molecule has 0 aliphatic heterocycles. The van der Waals surface area contributed by atoms with Crippen LogP contribution in [0.1, 0.15) is 35.9 Å². The van der Waals surface area contributed by atoms with Crippen LogP contribution in [0.4, 0.5) is 5.69 Å². The number of furan rings is 1. The Morgan fingerprint density at radius 2 is 2.24 bits per heavy atom. The zero-order valence-corrected chi connectivity index (χ0v) is 9.69. The van der Waals surface area contributed by atoms with E-state index in [0.717, 1.165) is 12.8 Å². The highest BCUT2D eigenvalue weighted by Gasteiger charge is 2.19. The summed E-state index contributed by atoms with van der Waals surface area (Å²) in [6.07, 6.45) is 2.56. The predicted molar refractivity (Wildman–Crippen MR) is 66.2 cm³/mol. The van der Waals surface area contributed by atoms with Crippen molar-refractivity contribution in [3.05, 3.63) is 29.5 Å². The van der Waals surface area contributed by atoms with E-state index in [1.165, 1.54) is 0 Å². The van der Waals surface area contributed by atoms with Crippen LogP contribution in [0.25, 0.3) is 11.0 Å². The second kappa shape index (κ2) is 4.49. The van der Waals surface area contributed by atoms with Crippen molar-refractivity contribution in [3.8, 4) is 0 Å². The van der Waals surface area contributed by atoms with Gasteiger partial charge in [0.25, 0.3) is 0 Å². The van der Waals surface area contributed by atoms with Crippen molar-refractivity contribution in [1.29, 1.82) is 0 Å². The molecule has 2 rings (SSSR count). The van der Waals surface area contributed by atoms with E-state index in [-0.39, 0.29) is 5.56 Å². The van der Waals surface area contributed by atoms with Gasteiger partial charge in [-0.3, -0.25) is 0 Å². The standard InChI is InChI=1S/C13H15NO3/c1-2-3-4-11-12(13(15)16)9-7-8(14)5-6-10(9)17-11/h5-7H,2-4,14H2,1H3,(H,15,16). The number of anilines is 1. The molecule has 0 unspecified atom stereocenters. The minimum atomic E-state index is -0.958. The van der Waals surface area contributed by atoms with Crippen LogP contribution in [0, 0.1) is 0 Å². The summed E-state index contributed by atoms with van der Waals surface area (Å²) in [5, 5.41) is 9.83. The number of benzene rings is 1. The molecular formula is C13H15NO3. The molecule has 0 bridgehead atoms. The number of carboxylic acids is 1. The van der Waals surface area contributed by atoms with Gasteiger partial charge in [-0.2, -0.15) is 0 Å². The van der Waals surface area contributed by atoms with Gasteiger partial charge in [0.1, 0.15) is 16.9 Å². The molecule has 3 N–H and O–H groups in total. The maximum Gasteiger partial charge on any atom is 0.339 e. The van der Waals surface area contributed by atoms with Crippen LogP contribution in [-0.4, -0.2) is 11.1 Å². The topological polar surface area (TPSA) is 76.5 Å². The zero-order chi connectivity index (χ0) is 12.4. The van der Waals surface area contributed by atoms with Crippen LogP contribution in [0.15, 0.2) is 22.6 Å². The molecule has 0 atom stereocenters. The summed E-state index contributed by atoms with van der Waals surface area (Å²) in [6, 6.07) is 5.07. The summed E-state index contributed by atoms with van der Waals surface area (Å²) in [5.74, 6) is -0.416. The van der Waals surface area contributed by atoms with Gasteiger partial charge in [-0.25, -0.2) is 4.79 Å². The number of hydrogen-bond acceptors (Lipinski definition) is 3. The normalized spacial score (nSPS) is 10.9. The molecule has 0 aliphatic carbocycles. The molecule has 4 nitrogen and oxygen atoms in total. The fourth-order valence-corrected chi connectivity index (χ4v) is 1.91. The van der Waals surface area contributed by atoms with Gasteiger partial charge in [-0.05, 0) is 24.6 Å². The molecule has 2 aromatic rings. The molecule has 0 amide bonds. The van der Waals surface area contributed by atoms with E-state index >= 15 is 0 Å². The van der Waals surface area contributed by atoms with E-state index in [0.29, 0.717) is 28.8 Å². The molecule has 0 saturated heterocycles. The Bertz CT molecular complexity index is 557. The first kappa shape index (κ1) is 11.5. The first-order valence-electron chi connectivity index (χ1n) is 5.67. The van der Waals surface area contributed by atoms with Crippen LogP contribution in [-0.2, 0) is 6.42 Å². The Hall–Kier alpha value is -1.97. The van der Waals surface area contributed by atoms with E-state index in [1.807, 2.05) is 0 Å². The average molecular weight is 233 g/mol. The van der Waals surface area contributed by atoms with Crippen molar-refractivity contribution in [1.82, 2.24) is 0 Å². The Kier molecular flexibility index (Phi) is 3.04. The maximum absolute atomic E-state index is 11.3. The molecule has 0 spiro atoms. The molecule has 90 valence electrons. The van der Waals surface area contributed by atoms with Crippen molar-refractivity contribution in [2.24, 2.45) is 0 Å². The van der Waals surface area contributed by atoms with Crippen molar-refractivity contribution >= 4 is 22.6 Å². The van der Waals surface area contributed by atoms with Gasteiger partial charge in [0.05, 0.1) is 0 Å². The van der Waals surface area contributed by atoms with Crippen LogP contribution in [0.3, 0.4) is 0 Å². The number of fused-ring (bicyclic) bond motifs is 1. The van der Waals surface area contributed by atoms with E-state index in [1.54, 1.807) is 18.2 Å². The largest absolute Gasteiger partial charge is 0.478 e. The van der Waals surface area contributed by atoms with Gasteiger partial charge < -0.3 is 15.3 Å². The van der Waals surface area contributed by atoms with Crippen LogP contribution >= 0.6 is 0 Å². The molecule has 1 aromatic carbocycles. The van der Waals surface area contributed by atoms with Gasteiger partial charge in [-0.15, -0.1) is 0 Å². The number of carbonyl (C=O) groups is 1. The summed E-state index contributed by atoms with van der Waals surface area (Å²) in [5.41, 5.74) is 7.05. The van der Waals surface area contributed by atoms with Crippen molar-refractivity contribution in [2.75, 3.05) is 5.73 Å². The van der Waals surface area contributed by atoms with Crippen LogP contribution in [0.5, 0.6) is 0 Å². The lowest BCUT2D eigenvalue weighted by atomic mass is 10.1. The number of hydrogen-bond donors (Lipinski definition) is 2. The smallest absolute Gasteiger partial charge is 0.339 e. The number of aryl methyl sites for hydroxylation is 1. The van der Waals surface area contributed by atoms with E-state index < -0.39 is 5.97 Å². The van der Waals surface area contributed by atoms with Gasteiger partial charge in [0.15, 0.2) is 0 Å². The Labute approximate surface area is 99.0 Å². The maximum atomic E-state index is 11.3. The first-order chi connectivity index (χ1) is 8.13. The average Bonchev–Trinajstić information content (AvgIpc) is 2.63. The highest BCUT2D eigenvalue weighted by molar-refractivity contribution is 6.04. The molecule has 0 radical (unpaired) electrons. The Morgan fingerprint density at radius 1 is 1.47 bits per heavy atom. The molecule has 17 heavy (non-hydrogen) atoms. The highest BCUT2D eigenvalue weighted by Crippen LogP contribution is 2.28. The molecule has 0 aliphatic rings. The number of unbranched alkanes of at least 4 members (excludes halogenated alkanes) is 1. The Balaban J connectivity index is 2.58. The number of aromatic carboxylic acids is 1. The minimum Gasteiger partial charge on any atom is -0.478 e. The molecule has 1 aromatic heterocycles. The van der Waals surface area contributed by atoms with Crippen molar-refractivity contribution in [3.63, 3.8) is 0 Å². The van der Waals surface area contributed by atoms with Crippen LogP contribution < -0.4 is 5.73 Å². The first-order valence-corrected chi connectivity index (χ1v) is 5.67. The fourth-order valence-electron chi connectivity index (χ4n) is 1.91. The lowest BCUT2D eigenvalue weighted by molar-refractivity contribution is 0.0696. The number of carboxylic acid groups (broad SMARTS) is 1. The monoisotopic (exact) mass is 233 g/mol. The van der Waals surface area contributed by atoms with Gasteiger partial charge >= 0.3 is 5.97 Å². The lowest BCUT2D eigenvalue weighted by Gasteiger charge is -1.97. The third kappa shape index (κ3) is 2.11. The van der Waals surface area contributed by atoms with Gasteiger partial charge in [0, 0.05) is 17.5 Å². The molecule has 1 heterocycles. The quantitative estimate of drug-likeness (QED) is 0.796. The molecule has 0 fully saturated rings. The predicted octanol–water partition coefficient (Wildman–Crippen LogP) is 3.06. The molecule has 4 heteroatoms. The Morgan fingerprint density at radius 3 is 2.88 bits per heavy atom. The zero-order valence-electron chi connectivity index (χ0n) is 9.69. The molecular weight excluding hydrogens is 218 g/mol. The SMILES string of the molecule is CCCCc1oc2ccc(N)cc2c1C(=O)O. The van der Waals surface area contributed by atoms with Crippen molar-refractivity contribution < 1.29 is 14.3 Å². The highest BCUT2D eigenvalue weighted by atomic mass is 16.4. The third-order valence-corrected chi connectivity index (χ3v) is 2.76. The van der Waals surface area contributed by atoms with Gasteiger partial charge in [-0.1, -0.05) is 13.3 Å². The van der Waals surface area contributed by atoms with E-state index in [9.17, 15) is 9.90 Å². The summed E-state index contributed by atoms with van der Waals surface area (Å²) in [7, 11) is 0. The van der Waals surface area contributed by atoms with E-state index in [2.05, 4.69) is 6.92 Å². The van der Waals surface area contributed by atoms with Crippen molar-refractivity contribution in [2.45, 2.75) is 26.2 Å². The summed E-state index contributed by atoms with van der Waals surface area (Å²) >= 11 is 0.